The van der Waals surface area contributed by atoms with E-state index in [1.54, 1.807) is 30.3 Å². The number of hydrogen-bond acceptors (Lipinski definition) is 2. The van der Waals surface area contributed by atoms with Gasteiger partial charge in [-0.05, 0) is 52.6 Å². The van der Waals surface area contributed by atoms with Crippen molar-refractivity contribution in [2.45, 2.75) is 0 Å². The average molecular weight is 520 g/mol. The molecule has 4 rings (SSSR count). The Hall–Kier alpha value is -2.82. The summed E-state index contributed by atoms with van der Waals surface area (Å²) in [7, 11) is 0. The molecule has 0 N–H and O–H groups in total. The van der Waals surface area contributed by atoms with Gasteiger partial charge in [-0.25, -0.2) is 0 Å². The molecule has 0 saturated carbocycles. The molecule has 2 nitrogen and oxygen atoms in total. The van der Waals surface area contributed by atoms with E-state index >= 15 is 0 Å². The zero-order chi connectivity index (χ0) is 21.1. The maximum Gasteiger partial charge on any atom is 0.233 e. The highest BCUT2D eigenvalue weighted by Gasteiger charge is 2.19. The molecule has 0 aliphatic carbocycles. The van der Waals surface area contributed by atoms with Crippen LogP contribution in [-0.2, 0) is 0 Å². The van der Waals surface area contributed by atoms with Crippen molar-refractivity contribution in [2.75, 3.05) is 0 Å². The Morgan fingerprint density at radius 1 is 0.467 bits per heavy atom. The Morgan fingerprint density at radius 2 is 0.900 bits per heavy atom. The summed E-state index contributed by atoms with van der Waals surface area (Å²) in [4.78, 5) is 25.6. The van der Waals surface area contributed by atoms with Crippen molar-refractivity contribution in [3.05, 3.63) is 117 Å². The van der Waals surface area contributed by atoms with Crippen LogP contribution >= 0.6 is 31.9 Å². The van der Waals surface area contributed by atoms with Gasteiger partial charge in [-0.15, -0.1) is 0 Å². The zero-order valence-electron chi connectivity index (χ0n) is 15.8. The Bertz CT molecular complexity index is 1210. The third kappa shape index (κ3) is 4.50. The summed E-state index contributed by atoms with van der Waals surface area (Å²) in [6.07, 6.45) is 0. The van der Waals surface area contributed by atoms with E-state index in [9.17, 15) is 9.59 Å². The highest BCUT2D eigenvalue weighted by Crippen LogP contribution is 2.25. The predicted molar refractivity (Wildman–Crippen MR) is 128 cm³/mol. The molecule has 0 unspecified atom stereocenters. The molecule has 0 heterocycles. The second kappa shape index (κ2) is 8.90. The molecule has 0 aliphatic rings. The fourth-order valence-corrected chi connectivity index (χ4v) is 3.73. The predicted octanol–water partition coefficient (Wildman–Crippen LogP) is 7.61. The first-order chi connectivity index (χ1) is 14.5. The van der Waals surface area contributed by atoms with E-state index in [4.69, 9.17) is 0 Å². The minimum atomic E-state index is -0.509. The largest absolute Gasteiger partial charge is 0.285 e. The molecule has 0 radical (unpaired) electrons. The SMILES string of the molecule is O=C(C(=O)c1cccc(-c2ccc(Br)cc2)c1)c1ccc(-c2ccc(Br)cc2)cc1. The van der Waals surface area contributed by atoms with Gasteiger partial charge in [0, 0.05) is 20.1 Å². The summed E-state index contributed by atoms with van der Waals surface area (Å²) in [5.41, 5.74) is 4.69. The maximum absolute atomic E-state index is 12.8. The number of Topliss-reactive ketones (excluding diaryl/α,β-unsaturated/α-hetero) is 2. The molecule has 0 fully saturated rings. The lowest BCUT2D eigenvalue weighted by molar-refractivity contribution is 0.0817. The van der Waals surface area contributed by atoms with Crippen molar-refractivity contribution < 1.29 is 9.59 Å². The molecule has 146 valence electrons. The molecular formula is C26H16Br2O2. The first kappa shape index (κ1) is 20.5. The summed E-state index contributed by atoms with van der Waals surface area (Å²) < 4.78 is 1.99. The van der Waals surface area contributed by atoms with E-state index < -0.39 is 11.6 Å². The standard InChI is InChI=1S/C26H16Br2O2/c27-23-12-8-18(9-13-23)17-4-6-20(7-5-17)25(29)26(30)22-3-1-2-21(16-22)19-10-14-24(28)15-11-19/h1-16H. The van der Waals surface area contributed by atoms with Crippen LogP contribution in [0.5, 0.6) is 0 Å². The van der Waals surface area contributed by atoms with E-state index in [-0.39, 0.29) is 0 Å². The van der Waals surface area contributed by atoms with Crippen LogP contribution in [0.15, 0.2) is 106 Å². The van der Waals surface area contributed by atoms with Crippen molar-refractivity contribution in [1.29, 1.82) is 0 Å². The lowest BCUT2D eigenvalue weighted by Crippen LogP contribution is -2.14. The van der Waals surface area contributed by atoms with E-state index in [0.29, 0.717) is 11.1 Å². The Labute approximate surface area is 191 Å². The van der Waals surface area contributed by atoms with Crippen LogP contribution in [0.4, 0.5) is 0 Å². The lowest BCUT2D eigenvalue weighted by atomic mass is 9.96. The Morgan fingerprint density at radius 3 is 1.43 bits per heavy atom. The molecule has 0 aromatic heterocycles. The lowest BCUT2D eigenvalue weighted by Gasteiger charge is -2.06. The van der Waals surface area contributed by atoms with Crippen molar-refractivity contribution in [3.8, 4) is 22.3 Å². The summed E-state index contributed by atoms with van der Waals surface area (Å²) in [6, 6.07) is 30.1. The molecular weight excluding hydrogens is 504 g/mol. The van der Waals surface area contributed by atoms with E-state index in [0.717, 1.165) is 31.2 Å². The molecule has 4 heteroatoms. The van der Waals surface area contributed by atoms with Crippen LogP contribution in [0.2, 0.25) is 0 Å². The van der Waals surface area contributed by atoms with Gasteiger partial charge in [0.25, 0.3) is 0 Å². The third-order valence-electron chi connectivity index (χ3n) is 4.83. The number of ketones is 2. The van der Waals surface area contributed by atoms with E-state index in [1.807, 2.05) is 66.7 Å². The van der Waals surface area contributed by atoms with Crippen molar-refractivity contribution in [3.63, 3.8) is 0 Å². The van der Waals surface area contributed by atoms with Gasteiger partial charge in [0.2, 0.25) is 11.6 Å². The first-order valence-electron chi connectivity index (χ1n) is 9.32. The van der Waals surface area contributed by atoms with Crippen LogP contribution < -0.4 is 0 Å². The average Bonchev–Trinajstić information content (AvgIpc) is 2.79. The van der Waals surface area contributed by atoms with Gasteiger partial charge in [0.05, 0.1) is 0 Å². The number of hydrogen-bond donors (Lipinski definition) is 0. The minimum absolute atomic E-state index is 0.384. The van der Waals surface area contributed by atoms with Gasteiger partial charge in [0.1, 0.15) is 0 Å². The molecule has 0 saturated heterocycles. The second-order valence-electron chi connectivity index (χ2n) is 6.83. The number of carbonyl (C=O) groups excluding carboxylic acids is 2. The van der Waals surface area contributed by atoms with Crippen LogP contribution in [0.1, 0.15) is 20.7 Å². The number of carbonyl (C=O) groups is 2. The van der Waals surface area contributed by atoms with Crippen LogP contribution in [0, 0.1) is 0 Å². The van der Waals surface area contributed by atoms with Gasteiger partial charge in [-0.2, -0.15) is 0 Å². The van der Waals surface area contributed by atoms with Crippen LogP contribution in [0.25, 0.3) is 22.3 Å². The minimum Gasteiger partial charge on any atom is -0.285 e. The molecule has 30 heavy (non-hydrogen) atoms. The molecule has 0 aliphatic heterocycles. The Balaban J connectivity index is 1.56. The number of rotatable bonds is 5. The molecule has 0 amide bonds. The maximum atomic E-state index is 12.8. The third-order valence-corrected chi connectivity index (χ3v) is 5.89. The second-order valence-corrected chi connectivity index (χ2v) is 8.66. The van der Waals surface area contributed by atoms with Gasteiger partial charge >= 0.3 is 0 Å². The summed E-state index contributed by atoms with van der Waals surface area (Å²) in [5.74, 6) is -1.02. The Kier molecular flexibility index (Phi) is 6.07. The number of halogens is 2. The molecule has 4 aromatic rings. The van der Waals surface area contributed by atoms with E-state index in [1.165, 1.54) is 0 Å². The van der Waals surface area contributed by atoms with E-state index in [2.05, 4.69) is 31.9 Å². The molecule has 0 spiro atoms. The zero-order valence-corrected chi connectivity index (χ0v) is 19.0. The summed E-state index contributed by atoms with van der Waals surface area (Å²) in [6.45, 7) is 0. The highest BCUT2D eigenvalue weighted by molar-refractivity contribution is 9.10. The topological polar surface area (TPSA) is 34.1 Å². The van der Waals surface area contributed by atoms with Gasteiger partial charge in [-0.1, -0.05) is 98.6 Å². The van der Waals surface area contributed by atoms with Gasteiger partial charge in [0.15, 0.2) is 0 Å². The summed E-state index contributed by atoms with van der Waals surface area (Å²) in [5, 5.41) is 0. The highest BCUT2D eigenvalue weighted by atomic mass is 79.9. The van der Waals surface area contributed by atoms with Crippen molar-refractivity contribution in [1.82, 2.24) is 0 Å². The fourth-order valence-electron chi connectivity index (χ4n) is 3.20. The quantitative estimate of drug-likeness (QED) is 0.201. The summed E-state index contributed by atoms with van der Waals surface area (Å²) >= 11 is 6.85. The van der Waals surface area contributed by atoms with Crippen molar-refractivity contribution in [2.24, 2.45) is 0 Å². The first-order valence-corrected chi connectivity index (χ1v) is 10.9. The van der Waals surface area contributed by atoms with Gasteiger partial charge in [-0.3, -0.25) is 9.59 Å². The normalized spacial score (nSPS) is 10.6. The van der Waals surface area contributed by atoms with Crippen LogP contribution in [-0.4, -0.2) is 11.6 Å². The monoisotopic (exact) mass is 518 g/mol. The van der Waals surface area contributed by atoms with Gasteiger partial charge < -0.3 is 0 Å². The number of benzene rings is 4. The molecule has 0 atom stereocenters. The van der Waals surface area contributed by atoms with Crippen LogP contribution in [0.3, 0.4) is 0 Å². The smallest absolute Gasteiger partial charge is 0.233 e. The molecule has 4 aromatic carbocycles. The fraction of sp³-hybridized carbons (Fsp3) is 0. The van der Waals surface area contributed by atoms with Crippen molar-refractivity contribution >= 4 is 43.4 Å². The molecule has 0 bridgehead atoms.